The van der Waals surface area contributed by atoms with Crippen LogP contribution in [0.3, 0.4) is 0 Å². The van der Waals surface area contributed by atoms with Gasteiger partial charge in [-0.15, -0.1) is 0 Å². The summed E-state index contributed by atoms with van der Waals surface area (Å²) in [5.74, 6) is -2.01. The minimum Gasteiger partial charge on any atom is -0.507 e. The zero-order valence-corrected chi connectivity index (χ0v) is 18.9. The van der Waals surface area contributed by atoms with Crippen molar-refractivity contribution < 1.29 is 33.8 Å². The lowest BCUT2D eigenvalue weighted by atomic mass is 9.95. The molecule has 1 saturated heterocycles. The van der Waals surface area contributed by atoms with Crippen LogP contribution in [-0.4, -0.2) is 39.9 Å². The molecule has 0 aliphatic carbocycles. The molecule has 1 amide bonds. The molecule has 1 atom stereocenters. The number of aliphatic hydroxyl groups is 1. The number of aromatic carboxylic acids is 1. The molecule has 3 aromatic rings. The van der Waals surface area contributed by atoms with E-state index in [0.717, 1.165) is 5.56 Å². The molecule has 8 heteroatoms. The van der Waals surface area contributed by atoms with Crippen molar-refractivity contribution in [1.29, 1.82) is 0 Å². The predicted octanol–water partition coefficient (Wildman–Crippen LogP) is 4.23. The van der Waals surface area contributed by atoms with Crippen molar-refractivity contribution in [2.45, 2.75) is 26.4 Å². The molecule has 0 saturated carbocycles. The smallest absolute Gasteiger partial charge is 0.335 e. The van der Waals surface area contributed by atoms with E-state index in [9.17, 15) is 19.5 Å². The van der Waals surface area contributed by atoms with Crippen LogP contribution in [0.4, 0.5) is 0 Å². The van der Waals surface area contributed by atoms with Gasteiger partial charge in [-0.2, -0.15) is 0 Å². The number of hydrogen-bond donors (Lipinski definition) is 2. The fourth-order valence-corrected chi connectivity index (χ4v) is 4.14. The molecule has 34 heavy (non-hydrogen) atoms. The van der Waals surface area contributed by atoms with Crippen LogP contribution in [0.1, 0.15) is 44.4 Å². The first-order valence-corrected chi connectivity index (χ1v) is 10.5. The van der Waals surface area contributed by atoms with Gasteiger partial charge in [0.1, 0.15) is 23.3 Å². The lowest BCUT2D eigenvalue weighted by Crippen LogP contribution is -2.29. The third-order valence-corrected chi connectivity index (χ3v) is 5.90. The van der Waals surface area contributed by atoms with Gasteiger partial charge in [-0.3, -0.25) is 9.59 Å². The quantitative estimate of drug-likeness (QED) is 0.321. The molecule has 2 heterocycles. The van der Waals surface area contributed by atoms with Crippen LogP contribution in [0.25, 0.3) is 5.76 Å². The minimum atomic E-state index is -1.06. The number of hydrogen-bond acceptors (Lipinski definition) is 6. The van der Waals surface area contributed by atoms with Gasteiger partial charge >= 0.3 is 5.97 Å². The maximum absolute atomic E-state index is 13.1. The van der Waals surface area contributed by atoms with Crippen molar-refractivity contribution in [3.05, 3.63) is 93.9 Å². The number of carboxylic acids is 1. The SMILES string of the molecule is COc1cc(C)c(/C(O)=C2/C(=O)C(=O)N(Cc3ccc(C(=O)O)cc3)C2c2ccco2)cc1C. The number of benzene rings is 2. The highest BCUT2D eigenvalue weighted by molar-refractivity contribution is 6.46. The van der Waals surface area contributed by atoms with Gasteiger partial charge in [0.2, 0.25) is 0 Å². The average Bonchev–Trinajstić information content (AvgIpc) is 3.43. The summed E-state index contributed by atoms with van der Waals surface area (Å²) in [5.41, 5.74) is 2.51. The molecule has 0 radical (unpaired) electrons. The monoisotopic (exact) mass is 461 g/mol. The Labute approximate surface area is 195 Å². The second-order valence-corrected chi connectivity index (χ2v) is 8.08. The topological polar surface area (TPSA) is 117 Å². The number of methoxy groups -OCH3 is 1. The molecule has 1 aromatic heterocycles. The highest BCUT2D eigenvalue weighted by Gasteiger charge is 2.47. The largest absolute Gasteiger partial charge is 0.507 e. The molecule has 174 valence electrons. The molecule has 2 N–H and O–H groups in total. The molecule has 2 aromatic carbocycles. The molecule has 1 unspecified atom stereocenters. The van der Waals surface area contributed by atoms with Crippen LogP contribution >= 0.6 is 0 Å². The second-order valence-electron chi connectivity index (χ2n) is 8.08. The molecule has 1 aliphatic rings. The first kappa shape index (κ1) is 22.8. The molecule has 1 fully saturated rings. The highest BCUT2D eigenvalue weighted by atomic mass is 16.5. The van der Waals surface area contributed by atoms with Crippen molar-refractivity contribution in [2.75, 3.05) is 7.11 Å². The van der Waals surface area contributed by atoms with Crippen molar-refractivity contribution in [3.63, 3.8) is 0 Å². The Hall–Kier alpha value is -4.33. The van der Waals surface area contributed by atoms with Crippen molar-refractivity contribution >= 4 is 23.4 Å². The van der Waals surface area contributed by atoms with Gasteiger partial charge in [-0.25, -0.2) is 4.79 Å². The second kappa shape index (κ2) is 8.90. The van der Waals surface area contributed by atoms with E-state index < -0.39 is 23.7 Å². The highest BCUT2D eigenvalue weighted by Crippen LogP contribution is 2.41. The number of ketones is 1. The van der Waals surface area contributed by atoms with E-state index >= 15 is 0 Å². The molecule has 0 spiro atoms. The van der Waals surface area contributed by atoms with Crippen molar-refractivity contribution in [2.24, 2.45) is 0 Å². The first-order valence-electron chi connectivity index (χ1n) is 10.5. The number of carbonyl (C=O) groups excluding carboxylic acids is 2. The molecular formula is C26H23NO7. The Morgan fingerprint density at radius 2 is 1.76 bits per heavy atom. The van der Waals surface area contributed by atoms with Crippen LogP contribution in [0.5, 0.6) is 5.75 Å². The maximum atomic E-state index is 13.1. The third kappa shape index (κ3) is 3.94. The summed E-state index contributed by atoms with van der Waals surface area (Å²) >= 11 is 0. The third-order valence-electron chi connectivity index (χ3n) is 5.90. The number of amides is 1. The summed E-state index contributed by atoms with van der Waals surface area (Å²) in [6, 6.07) is 11.8. The minimum absolute atomic E-state index is 0.0211. The zero-order chi connectivity index (χ0) is 24.6. The molecule has 1 aliphatic heterocycles. The summed E-state index contributed by atoms with van der Waals surface area (Å²) in [7, 11) is 1.55. The van der Waals surface area contributed by atoms with Gasteiger partial charge < -0.3 is 24.3 Å². The van der Waals surface area contributed by atoms with Crippen molar-refractivity contribution in [3.8, 4) is 5.75 Å². The Morgan fingerprint density at radius 1 is 1.06 bits per heavy atom. The number of carboxylic acid groups (broad SMARTS) is 1. The number of rotatable bonds is 6. The number of Topliss-reactive ketones (excluding diaryl/α,β-unsaturated/α-hetero) is 1. The van der Waals surface area contributed by atoms with Crippen LogP contribution in [0, 0.1) is 13.8 Å². The zero-order valence-electron chi connectivity index (χ0n) is 18.9. The number of ether oxygens (including phenoxy) is 1. The Morgan fingerprint density at radius 3 is 2.35 bits per heavy atom. The summed E-state index contributed by atoms with van der Waals surface area (Å²) in [4.78, 5) is 38.7. The number of carbonyl (C=O) groups is 3. The number of aliphatic hydroxyl groups excluding tert-OH is 1. The standard InChI is InChI=1S/C26H23NO7/c1-14-12-20(33-3)15(2)11-18(14)23(28)21-22(19-5-4-10-34-19)27(25(30)24(21)29)13-16-6-8-17(9-7-16)26(31)32/h4-12,22,28H,13H2,1-3H3,(H,31,32)/b23-21-. The van der Waals surface area contributed by atoms with Crippen LogP contribution in [0.15, 0.2) is 64.8 Å². The average molecular weight is 461 g/mol. The summed E-state index contributed by atoms with van der Waals surface area (Å²) in [6.45, 7) is 3.62. The fourth-order valence-electron chi connectivity index (χ4n) is 4.14. The number of likely N-dealkylation sites (tertiary alicyclic amines) is 1. The van der Waals surface area contributed by atoms with Gasteiger partial charge in [0.05, 0.1) is 24.5 Å². The Balaban J connectivity index is 1.81. The molecule has 0 bridgehead atoms. The number of nitrogens with zero attached hydrogens (tertiary/aromatic N) is 1. The van der Waals surface area contributed by atoms with E-state index in [1.54, 1.807) is 50.4 Å². The summed E-state index contributed by atoms with van der Waals surface area (Å²) < 4.78 is 10.9. The van der Waals surface area contributed by atoms with E-state index in [1.165, 1.54) is 23.3 Å². The first-order chi connectivity index (χ1) is 16.2. The Bertz CT molecular complexity index is 1300. The Kier molecular flexibility index (Phi) is 5.98. The van der Waals surface area contributed by atoms with E-state index in [1.807, 2.05) is 6.92 Å². The molecular weight excluding hydrogens is 438 g/mol. The number of furan rings is 1. The molecule has 8 nitrogen and oxygen atoms in total. The normalized spacial score (nSPS) is 17.3. The van der Waals surface area contributed by atoms with Gasteiger partial charge in [0.15, 0.2) is 0 Å². The van der Waals surface area contributed by atoms with Crippen LogP contribution < -0.4 is 4.74 Å². The van der Waals surface area contributed by atoms with Gasteiger partial charge in [0.25, 0.3) is 11.7 Å². The van der Waals surface area contributed by atoms with E-state index in [0.29, 0.717) is 28.2 Å². The van der Waals surface area contributed by atoms with E-state index in [2.05, 4.69) is 0 Å². The number of aryl methyl sites for hydroxylation is 2. The maximum Gasteiger partial charge on any atom is 0.335 e. The molecule has 4 rings (SSSR count). The lowest BCUT2D eigenvalue weighted by molar-refractivity contribution is -0.140. The van der Waals surface area contributed by atoms with Crippen molar-refractivity contribution in [1.82, 2.24) is 4.90 Å². The van der Waals surface area contributed by atoms with Gasteiger partial charge in [-0.1, -0.05) is 12.1 Å². The van der Waals surface area contributed by atoms with Crippen LogP contribution in [-0.2, 0) is 16.1 Å². The summed E-state index contributed by atoms with van der Waals surface area (Å²) in [5, 5.41) is 20.4. The lowest BCUT2D eigenvalue weighted by Gasteiger charge is -2.23. The van der Waals surface area contributed by atoms with E-state index in [4.69, 9.17) is 14.3 Å². The van der Waals surface area contributed by atoms with Gasteiger partial charge in [-0.05, 0) is 66.9 Å². The van der Waals surface area contributed by atoms with E-state index in [-0.39, 0.29) is 23.4 Å². The predicted molar refractivity (Wildman–Crippen MR) is 122 cm³/mol. The fraction of sp³-hybridized carbons (Fsp3) is 0.192. The summed E-state index contributed by atoms with van der Waals surface area (Å²) in [6.07, 6.45) is 1.43. The van der Waals surface area contributed by atoms with Crippen LogP contribution in [0.2, 0.25) is 0 Å². The van der Waals surface area contributed by atoms with Gasteiger partial charge in [0, 0.05) is 12.1 Å².